The van der Waals surface area contributed by atoms with E-state index >= 15 is 22.0 Å². The van der Waals surface area contributed by atoms with Crippen molar-refractivity contribution in [1.82, 2.24) is 24.8 Å². The molecule has 0 N–H and O–H groups in total. The fourth-order valence-corrected chi connectivity index (χ4v) is 11.8. The first-order chi connectivity index (χ1) is 33.7. The molecule has 5 aliphatic rings. The van der Waals surface area contributed by atoms with Crippen LogP contribution in [0.2, 0.25) is 5.02 Å². The molecule has 2 aromatic heterocycles. The summed E-state index contributed by atoms with van der Waals surface area (Å²) in [7, 11) is 3.12. The average Bonchev–Trinajstić information content (AvgIpc) is 3.76. The van der Waals surface area contributed by atoms with Crippen LogP contribution in [0.5, 0.6) is 17.5 Å². The van der Waals surface area contributed by atoms with Crippen LogP contribution >= 0.6 is 11.6 Å². The van der Waals surface area contributed by atoms with Crippen LogP contribution in [0.15, 0.2) is 60.7 Å². The number of hydrogen-bond donors (Lipinski definition) is 0. The highest BCUT2D eigenvalue weighted by atomic mass is 35.5. The Hall–Kier alpha value is -5.68. The number of halogens is 6. The average molecular weight is 1000 g/mol. The molecule has 0 unspecified atom stereocenters. The number of nitrogens with zero attached hydrogens (tertiary/aromatic N) is 7. The molecule has 5 fully saturated rings. The van der Waals surface area contributed by atoms with E-state index in [2.05, 4.69) is 14.9 Å². The van der Waals surface area contributed by atoms with Gasteiger partial charge in [-0.15, -0.1) is 0 Å². The Bertz CT molecular complexity index is 2780. The first-order valence-corrected chi connectivity index (χ1v) is 24.7. The van der Waals surface area contributed by atoms with Gasteiger partial charge < -0.3 is 33.6 Å². The monoisotopic (exact) mass is 1000 g/mol. The van der Waals surface area contributed by atoms with Gasteiger partial charge in [0.1, 0.15) is 47.0 Å². The Morgan fingerprint density at radius 2 is 1.54 bits per heavy atom. The minimum Gasteiger partial charge on any atom is -0.497 e. The lowest BCUT2D eigenvalue weighted by atomic mass is 9.89. The van der Waals surface area contributed by atoms with E-state index in [1.165, 1.54) is 19.1 Å². The van der Waals surface area contributed by atoms with Gasteiger partial charge in [-0.2, -0.15) is 23.1 Å². The van der Waals surface area contributed by atoms with Gasteiger partial charge in [0.05, 0.1) is 47.6 Å². The van der Waals surface area contributed by atoms with Crippen molar-refractivity contribution in [2.24, 2.45) is 5.41 Å². The second kappa shape index (κ2) is 18.4. The smallest absolute Gasteiger partial charge is 0.418 e. The molecule has 1 amide bonds. The Morgan fingerprint density at radius 3 is 2.14 bits per heavy atom. The van der Waals surface area contributed by atoms with Crippen LogP contribution < -0.4 is 24.0 Å². The maximum Gasteiger partial charge on any atom is 0.418 e. The molecule has 18 heteroatoms. The number of aryl methyl sites for hydroxylation is 1. The molecule has 2 bridgehead atoms. The molecule has 378 valence electrons. The topological polar surface area (TPSA) is 106 Å². The van der Waals surface area contributed by atoms with Gasteiger partial charge in [-0.1, -0.05) is 35.9 Å². The number of carbonyl (C=O) groups excluding carboxylic acids is 1. The number of carbonyl (C=O) groups is 1. The number of aromatic nitrogens is 3. The standard InChI is InChI=1S/C53H59ClF5N7O5/c1-31-21-41(64(24-32-7-13-37(68-5)14-8-32)25-33-9-15-38(69-6)16-10-33)60-46(43(31)53(57,58)59)42-40(54)22-39-45(44(42)56)61-48(70-30-52-23-34(55)26-65(52)29-51(28-52)18-19-51)62-47(39)63-20-17-35-11-12-36(27-63)66(35)49(67)71-50(2,3)4/h7-10,13-16,21-22,34-36H,11-12,17-20,23-30H2,1-6H3/t34-,35-,36+,52+/m1/s1. The van der Waals surface area contributed by atoms with E-state index in [-0.39, 0.29) is 82.8 Å². The predicted molar refractivity (Wildman–Crippen MR) is 261 cm³/mol. The van der Waals surface area contributed by atoms with Crippen LogP contribution in [0.25, 0.3) is 22.2 Å². The number of fused-ring (bicyclic) bond motifs is 4. The summed E-state index contributed by atoms with van der Waals surface area (Å²) >= 11 is 7.09. The largest absolute Gasteiger partial charge is 0.497 e. The summed E-state index contributed by atoms with van der Waals surface area (Å²) in [4.78, 5) is 35.6. The molecule has 0 radical (unpaired) electrons. The number of benzene rings is 3. The molecule has 12 nitrogen and oxygen atoms in total. The van der Waals surface area contributed by atoms with E-state index in [4.69, 9.17) is 35.5 Å². The van der Waals surface area contributed by atoms with Crippen LogP contribution in [0.1, 0.15) is 88.0 Å². The summed E-state index contributed by atoms with van der Waals surface area (Å²) in [5.41, 5.74) is -2.53. The van der Waals surface area contributed by atoms with Crippen molar-refractivity contribution in [2.75, 3.05) is 56.8 Å². The zero-order valence-corrected chi connectivity index (χ0v) is 41.6. The van der Waals surface area contributed by atoms with Gasteiger partial charge in [-0.05, 0) is 125 Å². The fourth-order valence-electron chi connectivity index (χ4n) is 11.6. The van der Waals surface area contributed by atoms with E-state index in [9.17, 15) is 4.79 Å². The normalized spacial score (nSPS) is 22.7. The summed E-state index contributed by atoms with van der Waals surface area (Å²) in [6.45, 7) is 9.00. The lowest BCUT2D eigenvalue weighted by Crippen LogP contribution is -2.45. The number of methoxy groups -OCH3 is 2. The molecular formula is C53H59ClF5N7O5. The molecule has 4 atom stereocenters. The van der Waals surface area contributed by atoms with Crippen LogP contribution in [0.4, 0.5) is 38.4 Å². The summed E-state index contributed by atoms with van der Waals surface area (Å²) < 4.78 is 103. The van der Waals surface area contributed by atoms with Gasteiger partial charge in [0.2, 0.25) is 0 Å². The van der Waals surface area contributed by atoms with Crippen LogP contribution in [-0.2, 0) is 24.0 Å². The molecule has 6 heterocycles. The van der Waals surface area contributed by atoms with E-state index in [1.807, 2.05) is 54.8 Å². The third-order valence-corrected chi connectivity index (χ3v) is 15.3. The van der Waals surface area contributed by atoms with Crippen molar-refractivity contribution in [3.8, 4) is 28.8 Å². The van der Waals surface area contributed by atoms with Gasteiger partial charge in [0, 0.05) is 57.1 Å². The van der Waals surface area contributed by atoms with Gasteiger partial charge in [-0.3, -0.25) is 4.90 Å². The summed E-state index contributed by atoms with van der Waals surface area (Å²) in [5.74, 6) is 0.523. The van der Waals surface area contributed by atoms with Crippen molar-refractivity contribution in [2.45, 2.75) is 121 Å². The summed E-state index contributed by atoms with van der Waals surface area (Å²) in [6.07, 6.45) is -1.30. The minimum absolute atomic E-state index is 0.0402. The van der Waals surface area contributed by atoms with Crippen LogP contribution in [0.3, 0.4) is 0 Å². The van der Waals surface area contributed by atoms with Crippen molar-refractivity contribution in [3.05, 3.63) is 93.8 Å². The number of anilines is 2. The first kappa shape index (κ1) is 48.9. The van der Waals surface area contributed by atoms with Crippen LogP contribution in [-0.4, -0.2) is 107 Å². The second-order valence-electron chi connectivity index (χ2n) is 21.2. The number of rotatable bonds is 12. The predicted octanol–water partition coefficient (Wildman–Crippen LogP) is 11.4. The summed E-state index contributed by atoms with van der Waals surface area (Å²) in [5, 5.41) is -0.184. The number of amides is 1. The van der Waals surface area contributed by atoms with Gasteiger partial charge in [0.25, 0.3) is 0 Å². The summed E-state index contributed by atoms with van der Waals surface area (Å²) in [6, 6.07) is 16.8. The van der Waals surface area contributed by atoms with E-state index < -0.39 is 52.2 Å². The quantitative estimate of drug-likeness (QED) is 0.112. The maximum absolute atomic E-state index is 18.1. The lowest BCUT2D eigenvalue weighted by molar-refractivity contribution is -0.137. The first-order valence-electron chi connectivity index (χ1n) is 24.3. The third kappa shape index (κ3) is 9.72. The van der Waals surface area contributed by atoms with E-state index in [0.29, 0.717) is 44.0 Å². The molecule has 10 rings (SSSR count). The zero-order chi connectivity index (χ0) is 50.2. The Kier molecular flexibility index (Phi) is 12.7. The molecule has 3 aromatic carbocycles. The molecule has 4 aliphatic heterocycles. The molecular weight excluding hydrogens is 945 g/mol. The van der Waals surface area contributed by atoms with Crippen LogP contribution in [0, 0.1) is 18.2 Å². The molecule has 1 spiro atoms. The Balaban J connectivity index is 1.10. The van der Waals surface area contributed by atoms with Gasteiger partial charge in [-0.25, -0.2) is 18.6 Å². The third-order valence-electron chi connectivity index (χ3n) is 15.0. The highest BCUT2D eigenvalue weighted by Gasteiger charge is 2.62. The minimum atomic E-state index is -4.98. The lowest BCUT2D eigenvalue weighted by Gasteiger charge is -2.32. The highest BCUT2D eigenvalue weighted by molar-refractivity contribution is 6.34. The second-order valence-corrected chi connectivity index (χ2v) is 21.6. The number of pyridine rings is 1. The molecule has 4 saturated heterocycles. The molecule has 5 aromatic rings. The van der Waals surface area contributed by atoms with Crippen molar-refractivity contribution < 1.29 is 45.7 Å². The van der Waals surface area contributed by atoms with E-state index in [1.54, 1.807) is 43.4 Å². The Labute approximate surface area is 415 Å². The zero-order valence-electron chi connectivity index (χ0n) is 40.8. The Morgan fingerprint density at radius 1 is 0.887 bits per heavy atom. The molecule has 1 aliphatic carbocycles. The van der Waals surface area contributed by atoms with Crippen molar-refractivity contribution in [1.29, 1.82) is 0 Å². The highest BCUT2D eigenvalue weighted by Crippen LogP contribution is 2.61. The van der Waals surface area contributed by atoms with Crippen molar-refractivity contribution in [3.63, 3.8) is 0 Å². The number of ether oxygens (including phenoxy) is 4. The fraction of sp³-hybridized carbons (Fsp3) is 0.509. The SMILES string of the molecule is COc1ccc(CN(Cc2ccc(OC)cc2)c2cc(C)c(C(F)(F)F)c(-c3c(Cl)cc4c(N5CC[C@H]6CC[C@@H](C5)N6C(=O)OC(C)(C)C)nc(OC[C@@]56C[C@@H](F)CN5CC5(CC5)C6)nc4c3F)n2)cc1. The van der Waals surface area contributed by atoms with Gasteiger partial charge >= 0.3 is 18.3 Å². The molecule has 1 saturated carbocycles. The van der Waals surface area contributed by atoms with Crippen molar-refractivity contribution >= 4 is 40.2 Å². The van der Waals surface area contributed by atoms with E-state index in [0.717, 1.165) is 43.4 Å². The number of alkyl halides is 4. The maximum atomic E-state index is 18.1. The molecule has 71 heavy (non-hydrogen) atoms. The number of hydrogen-bond acceptors (Lipinski definition) is 11. The van der Waals surface area contributed by atoms with Gasteiger partial charge in [0.15, 0.2) is 5.82 Å².